The Morgan fingerprint density at radius 1 is 1.27 bits per heavy atom. The summed E-state index contributed by atoms with van der Waals surface area (Å²) in [5.41, 5.74) is -1.56. The third-order valence-electron chi connectivity index (χ3n) is 5.89. The first-order valence-corrected chi connectivity index (χ1v) is 10.7. The lowest BCUT2D eigenvalue weighted by Gasteiger charge is -2.33. The van der Waals surface area contributed by atoms with Crippen molar-refractivity contribution in [1.29, 1.82) is 0 Å². The lowest BCUT2D eigenvalue weighted by Crippen LogP contribution is -2.41. The fourth-order valence-corrected chi connectivity index (χ4v) is 4.01. The Bertz CT molecular complexity index is 1200. The molecule has 3 heterocycles. The summed E-state index contributed by atoms with van der Waals surface area (Å²) in [6.45, 7) is 7.22. The second kappa shape index (κ2) is 8.69. The maximum atomic E-state index is 15.1. The van der Waals surface area contributed by atoms with Crippen molar-refractivity contribution in [3.63, 3.8) is 0 Å². The number of benzene rings is 1. The van der Waals surface area contributed by atoms with E-state index in [0.29, 0.717) is 26.2 Å². The van der Waals surface area contributed by atoms with Gasteiger partial charge in [-0.25, -0.2) is 9.18 Å². The summed E-state index contributed by atoms with van der Waals surface area (Å²) in [4.78, 5) is 14.8. The summed E-state index contributed by atoms with van der Waals surface area (Å²) in [6.07, 6.45) is 1.04. The first-order valence-electron chi connectivity index (χ1n) is 10.7. The average Bonchev–Trinajstić information content (AvgIpc) is 3.39. The standard InChI is InChI=1S/C22H25F4N5O2/c1-4-29-13-16(11-27-29)15(3)30-5-6-31(21(30)32)19-10-17(28-7-8-33-14(2)12-28)9-18(20(19)23)22(24,25)26/h5-6,9-11,13-15H,4,7-8,12H2,1-3H3/t14-,15?/m1/s1. The number of morpholine rings is 1. The van der Waals surface area contributed by atoms with Crippen LogP contribution < -0.4 is 10.6 Å². The van der Waals surface area contributed by atoms with Crippen molar-refractivity contribution in [3.05, 3.63) is 64.3 Å². The van der Waals surface area contributed by atoms with Crippen LogP contribution in [0.5, 0.6) is 0 Å². The third-order valence-corrected chi connectivity index (χ3v) is 5.89. The maximum Gasteiger partial charge on any atom is 0.419 e. The van der Waals surface area contributed by atoms with Gasteiger partial charge in [0.05, 0.1) is 36.2 Å². The van der Waals surface area contributed by atoms with E-state index in [2.05, 4.69) is 5.10 Å². The quantitative estimate of drug-likeness (QED) is 0.535. The van der Waals surface area contributed by atoms with Crippen LogP contribution in [-0.4, -0.2) is 44.7 Å². The number of aryl methyl sites for hydroxylation is 1. The molecule has 0 bridgehead atoms. The molecule has 2 aromatic heterocycles. The molecule has 0 aliphatic carbocycles. The second-order valence-corrected chi connectivity index (χ2v) is 8.11. The van der Waals surface area contributed by atoms with Gasteiger partial charge >= 0.3 is 11.9 Å². The Balaban J connectivity index is 1.80. The summed E-state index contributed by atoms with van der Waals surface area (Å²) in [6, 6.07) is 1.64. The first-order chi connectivity index (χ1) is 15.6. The molecule has 1 aromatic carbocycles. The normalized spacial score (nSPS) is 18.0. The zero-order valence-corrected chi connectivity index (χ0v) is 18.5. The predicted molar refractivity (Wildman–Crippen MR) is 114 cm³/mol. The van der Waals surface area contributed by atoms with Gasteiger partial charge in [0.2, 0.25) is 0 Å². The number of ether oxygens (including phenoxy) is 1. The topological polar surface area (TPSA) is 57.2 Å². The number of hydrogen-bond donors (Lipinski definition) is 0. The smallest absolute Gasteiger partial charge is 0.375 e. The van der Waals surface area contributed by atoms with Crippen LogP contribution in [0.2, 0.25) is 0 Å². The minimum atomic E-state index is -4.92. The van der Waals surface area contributed by atoms with Crippen LogP contribution in [0.4, 0.5) is 23.2 Å². The van der Waals surface area contributed by atoms with E-state index in [0.717, 1.165) is 16.2 Å². The summed E-state index contributed by atoms with van der Waals surface area (Å²) in [5.74, 6) is -1.49. The summed E-state index contributed by atoms with van der Waals surface area (Å²) < 4.78 is 65.5. The van der Waals surface area contributed by atoms with Crippen molar-refractivity contribution < 1.29 is 22.3 Å². The number of imidazole rings is 1. The number of rotatable bonds is 5. The number of halogens is 4. The highest BCUT2D eigenvalue weighted by molar-refractivity contribution is 5.58. The van der Waals surface area contributed by atoms with Gasteiger partial charge in [-0.2, -0.15) is 18.3 Å². The van der Waals surface area contributed by atoms with Crippen molar-refractivity contribution >= 4 is 5.69 Å². The second-order valence-electron chi connectivity index (χ2n) is 8.11. The van der Waals surface area contributed by atoms with Gasteiger partial charge in [0.15, 0.2) is 5.82 Å². The highest BCUT2D eigenvalue weighted by atomic mass is 19.4. The molecule has 0 N–H and O–H groups in total. The number of nitrogens with zero attached hydrogens (tertiary/aromatic N) is 5. The van der Waals surface area contributed by atoms with E-state index in [1.54, 1.807) is 28.9 Å². The molecule has 0 radical (unpaired) electrons. The van der Waals surface area contributed by atoms with Gasteiger partial charge in [-0.3, -0.25) is 13.8 Å². The number of alkyl halides is 3. The van der Waals surface area contributed by atoms with Crippen molar-refractivity contribution in [2.75, 3.05) is 24.6 Å². The van der Waals surface area contributed by atoms with Gasteiger partial charge in [0.25, 0.3) is 0 Å². The lowest BCUT2D eigenvalue weighted by molar-refractivity contribution is -0.139. The van der Waals surface area contributed by atoms with Gasteiger partial charge in [-0.1, -0.05) is 0 Å². The van der Waals surface area contributed by atoms with E-state index in [9.17, 15) is 18.0 Å². The van der Waals surface area contributed by atoms with E-state index >= 15 is 4.39 Å². The van der Waals surface area contributed by atoms with E-state index in [-0.39, 0.29) is 11.8 Å². The Morgan fingerprint density at radius 3 is 2.67 bits per heavy atom. The minimum Gasteiger partial charge on any atom is -0.375 e. The fraction of sp³-hybridized carbons (Fsp3) is 0.455. The molecule has 1 unspecified atom stereocenters. The van der Waals surface area contributed by atoms with Gasteiger partial charge in [0, 0.05) is 49.5 Å². The molecule has 3 aromatic rings. The van der Waals surface area contributed by atoms with Gasteiger partial charge < -0.3 is 9.64 Å². The molecule has 0 saturated carbocycles. The molecule has 0 amide bonds. The number of anilines is 1. The SMILES string of the molecule is CCn1cc(C(C)n2ccn(-c3cc(N4CCO[C@H](C)C4)cc(C(F)(F)F)c3F)c2=O)cn1. The van der Waals surface area contributed by atoms with Crippen LogP contribution in [0.15, 0.2) is 41.7 Å². The van der Waals surface area contributed by atoms with Crippen LogP contribution in [0, 0.1) is 5.82 Å². The number of hydrogen-bond acceptors (Lipinski definition) is 4. The van der Waals surface area contributed by atoms with E-state index in [4.69, 9.17) is 4.74 Å². The molecule has 1 aliphatic heterocycles. The van der Waals surface area contributed by atoms with E-state index in [1.165, 1.54) is 23.0 Å². The Hall–Kier alpha value is -3.08. The summed E-state index contributed by atoms with van der Waals surface area (Å²) >= 11 is 0. The summed E-state index contributed by atoms with van der Waals surface area (Å²) in [7, 11) is 0. The van der Waals surface area contributed by atoms with E-state index in [1.807, 2.05) is 13.8 Å². The van der Waals surface area contributed by atoms with Gasteiger partial charge in [-0.15, -0.1) is 0 Å². The Labute approximate surface area is 187 Å². The molecule has 1 saturated heterocycles. The highest BCUT2D eigenvalue weighted by Crippen LogP contribution is 2.37. The van der Waals surface area contributed by atoms with Crippen molar-refractivity contribution in [2.45, 2.75) is 45.6 Å². The first kappa shape index (κ1) is 23.1. The molecule has 7 nitrogen and oxygen atoms in total. The molecule has 4 rings (SSSR count). The van der Waals surface area contributed by atoms with Crippen molar-refractivity contribution in [1.82, 2.24) is 18.9 Å². The van der Waals surface area contributed by atoms with E-state index < -0.39 is 35.0 Å². The van der Waals surface area contributed by atoms with Gasteiger partial charge in [0.1, 0.15) is 0 Å². The maximum absolute atomic E-state index is 15.1. The van der Waals surface area contributed by atoms with Crippen LogP contribution in [0.3, 0.4) is 0 Å². The fourth-order valence-electron chi connectivity index (χ4n) is 4.01. The highest BCUT2D eigenvalue weighted by Gasteiger charge is 2.37. The third kappa shape index (κ3) is 4.41. The molecular weight excluding hydrogens is 442 g/mol. The van der Waals surface area contributed by atoms with Crippen molar-refractivity contribution in [3.8, 4) is 5.69 Å². The summed E-state index contributed by atoms with van der Waals surface area (Å²) in [5, 5.41) is 4.19. The van der Waals surface area contributed by atoms with Crippen molar-refractivity contribution in [2.24, 2.45) is 0 Å². The van der Waals surface area contributed by atoms with Gasteiger partial charge in [-0.05, 0) is 32.9 Å². The molecule has 1 fully saturated rings. The largest absolute Gasteiger partial charge is 0.419 e. The molecule has 2 atom stereocenters. The molecule has 0 spiro atoms. The molecule has 178 valence electrons. The average molecular weight is 467 g/mol. The Kier molecular flexibility index (Phi) is 6.08. The van der Waals surface area contributed by atoms with Crippen LogP contribution in [-0.2, 0) is 17.5 Å². The predicted octanol–water partition coefficient (Wildman–Crippen LogP) is 3.85. The molecular formula is C22H25F4N5O2. The minimum absolute atomic E-state index is 0.185. The monoisotopic (exact) mass is 467 g/mol. The molecule has 1 aliphatic rings. The zero-order valence-electron chi connectivity index (χ0n) is 18.5. The molecule has 33 heavy (non-hydrogen) atoms. The van der Waals surface area contributed by atoms with Crippen LogP contribution in [0.25, 0.3) is 5.69 Å². The van der Waals surface area contributed by atoms with Crippen LogP contribution >= 0.6 is 0 Å². The Morgan fingerprint density at radius 2 is 2.03 bits per heavy atom. The lowest BCUT2D eigenvalue weighted by atomic mass is 10.1. The van der Waals surface area contributed by atoms with Crippen LogP contribution in [0.1, 0.15) is 37.9 Å². The zero-order chi connectivity index (χ0) is 23.9. The number of aromatic nitrogens is 4. The molecule has 11 heteroatoms.